The number of halogens is 1. The van der Waals surface area contributed by atoms with Crippen molar-refractivity contribution in [3.05, 3.63) is 34.3 Å². The molecular formula is C17H27BrN2O. The Balaban J connectivity index is 2.30. The summed E-state index contributed by atoms with van der Waals surface area (Å²) in [5.74, 6) is 0.123. The molecule has 118 valence electrons. The summed E-state index contributed by atoms with van der Waals surface area (Å²) in [5.41, 5.74) is 1.18. The monoisotopic (exact) mass is 354 g/mol. The number of carbonyl (C=O) groups is 1. The number of hydrogen-bond donors (Lipinski definition) is 1. The summed E-state index contributed by atoms with van der Waals surface area (Å²) >= 11 is 3.51. The largest absolute Gasteiger partial charge is 0.355 e. The molecule has 0 fully saturated rings. The lowest BCUT2D eigenvalue weighted by Gasteiger charge is -2.30. The third-order valence-corrected chi connectivity index (χ3v) is 4.37. The van der Waals surface area contributed by atoms with E-state index in [0.717, 1.165) is 17.4 Å². The number of hydrogen-bond acceptors (Lipinski definition) is 2. The van der Waals surface area contributed by atoms with Crippen molar-refractivity contribution < 1.29 is 4.79 Å². The van der Waals surface area contributed by atoms with Crippen LogP contribution in [-0.4, -0.2) is 36.0 Å². The summed E-state index contributed by atoms with van der Waals surface area (Å²) in [6.07, 6.45) is 1.30. The molecule has 0 saturated carbocycles. The minimum Gasteiger partial charge on any atom is -0.355 e. The van der Waals surface area contributed by atoms with Crippen molar-refractivity contribution in [2.75, 3.05) is 13.1 Å². The van der Waals surface area contributed by atoms with E-state index < -0.39 is 0 Å². The lowest BCUT2D eigenvalue weighted by atomic mass is 10.1. The molecule has 1 N–H and O–H groups in total. The highest BCUT2D eigenvalue weighted by molar-refractivity contribution is 9.10. The molecule has 0 aliphatic heterocycles. The van der Waals surface area contributed by atoms with Crippen molar-refractivity contribution in [1.29, 1.82) is 0 Å². The third-order valence-electron chi connectivity index (χ3n) is 3.60. The van der Waals surface area contributed by atoms with Crippen LogP contribution in [0.2, 0.25) is 0 Å². The lowest BCUT2D eigenvalue weighted by molar-refractivity contribution is -0.121. The predicted molar refractivity (Wildman–Crippen MR) is 92.5 cm³/mol. The van der Waals surface area contributed by atoms with E-state index in [1.54, 1.807) is 0 Å². The van der Waals surface area contributed by atoms with Crippen LogP contribution in [0.4, 0.5) is 0 Å². The van der Waals surface area contributed by atoms with Crippen LogP contribution in [0.5, 0.6) is 0 Å². The van der Waals surface area contributed by atoms with Crippen LogP contribution in [0.1, 0.15) is 39.7 Å². The maximum Gasteiger partial charge on any atom is 0.220 e. The molecule has 0 spiro atoms. The minimum absolute atomic E-state index is 0.123. The first kappa shape index (κ1) is 18.2. The second kappa shape index (κ2) is 9.21. The van der Waals surface area contributed by atoms with Crippen molar-refractivity contribution in [3.63, 3.8) is 0 Å². The molecule has 0 heterocycles. The molecule has 1 amide bonds. The van der Waals surface area contributed by atoms with E-state index in [2.05, 4.69) is 59.9 Å². The molecule has 4 heteroatoms. The van der Waals surface area contributed by atoms with Gasteiger partial charge in [-0.05, 0) is 45.7 Å². The van der Waals surface area contributed by atoms with E-state index in [-0.39, 0.29) is 5.91 Å². The molecule has 1 aromatic carbocycles. The highest BCUT2D eigenvalue weighted by atomic mass is 79.9. The van der Waals surface area contributed by atoms with Gasteiger partial charge >= 0.3 is 0 Å². The number of aryl methyl sites for hydroxylation is 1. The summed E-state index contributed by atoms with van der Waals surface area (Å²) in [7, 11) is 0. The van der Waals surface area contributed by atoms with Gasteiger partial charge in [-0.25, -0.2) is 0 Å². The Bertz CT molecular complexity index is 438. The van der Waals surface area contributed by atoms with Crippen LogP contribution in [0, 0.1) is 0 Å². The van der Waals surface area contributed by atoms with Gasteiger partial charge in [-0.15, -0.1) is 0 Å². The standard InChI is InChI=1S/C17H27BrN2O/c1-13(2)20(14(3)4)12-11-19-17(21)10-9-15-7-5-6-8-16(15)18/h5-8,13-14H,9-12H2,1-4H3,(H,19,21). The Morgan fingerprint density at radius 3 is 2.38 bits per heavy atom. The molecule has 0 atom stereocenters. The fourth-order valence-electron chi connectivity index (χ4n) is 2.47. The number of amides is 1. The molecule has 1 aromatic rings. The van der Waals surface area contributed by atoms with Gasteiger partial charge in [0.1, 0.15) is 0 Å². The van der Waals surface area contributed by atoms with Gasteiger partial charge in [-0.2, -0.15) is 0 Å². The number of nitrogens with zero attached hydrogens (tertiary/aromatic N) is 1. The summed E-state index contributed by atoms with van der Waals surface area (Å²) in [6, 6.07) is 9.05. The van der Waals surface area contributed by atoms with Crippen LogP contribution < -0.4 is 5.32 Å². The highest BCUT2D eigenvalue weighted by Crippen LogP contribution is 2.17. The van der Waals surface area contributed by atoms with Crippen LogP contribution in [0.15, 0.2) is 28.7 Å². The molecule has 0 saturated heterocycles. The predicted octanol–water partition coefficient (Wildman–Crippen LogP) is 3.62. The summed E-state index contributed by atoms with van der Waals surface area (Å²) < 4.78 is 1.07. The SMILES string of the molecule is CC(C)N(CCNC(=O)CCc1ccccc1Br)C(C)C. The highest BCUT2D eigenvalue weighted by Gasteiger charge is 2.13. The van der Waals surface area contributed by atoms with E-state index in [9.17, 15) is 4.79 Å². The van der Waals surface area contributed by atoms with Gasteiger partial charge in [-0.3, -0.25) is 9.69 Å². The van der Waals surface area contributed by atoms with Crippen molar-refractivity contribution in [2.24, 2.45) is 0 Å². The molecule has 0 unspecified atom stereocenters. The van der Waals surface area contributed by atoms with Gasteiger partial charge in [0.05, 0.1) is 0 Å². The Morgan fingerprint density at radius 1 is 1.19 bits per heavy atom. The fourth-order valence-corrected chi connectivity index (χ4v) is 2.96. The zero-order valence-electron chi connectivity index (χ0n) is 13.5. The zero-order chi connectivity index (χ0) is 15.8. The average molecular weight is 355 g/mol. The normalized spacial score (nSPS) is 11.4. The molecule has 0 aliphatic carbocycles. The van der Waals surface area contributed by atoms with Gasteiger partial charge in [0.25, 0.3) is 0 Å². The average Bonchev–Trinajstić information content (AvgIpc) is 2.41. The van der Waals surface area contributed by atoms with E-state index in [1.807, 2.05) is 18.2 Å². The first-order chi connectivity index (χ1) is 9.91. The second-order valence-corrected chi connectivity index (χ2v) is 6.72. The smallest absolute Gasteiger partial charge is 0.220 e. The fraction of sp³-hybridized carbons (Fsp3) is 0.588. The third kappa shape index (κ3) is 6.62. The van der Waals surface area contributed by atoms with Crippen molar-refractivity contribution >= 4 is 21.8 Å². The van der Waals surface area contributed by atoms with Crippen molar-refractivity contribution in [1.82, 2.24) is 10.2 Å². The number of benzene rings is 1. The Morgan fingerprint density at radius 2 is 1.81 bits per heavy atom. The van der Waals surface area contributed by atoms with Crippen molar-refractivity contribution in [2.45, 2.75) is 52.6 Å². The van der Waals surface area contributed by atoms with E-state index in [1.165, 1.54) is 5.56 Å². The Kier molecular flexibility index (Phi) is 7.97. The van der Waals surface area contributed by atoms with E-state index >= 15 is 0 Å². The summed E-state index contributed by atoms with van der Waals surface area (Å²) in [6.45, 7) is 10.4. The molecule has 0 aromatic heterocycles. The van der Waals surface area contributed by atoms with E-state index in [4.69, 9.17) is 0 Å². The van der Waals surface area contributed by atoms with Gasteiger partial charge in [0.2, 0.25) is 5.91 Å². The van der Waals surface area contributed by atoms with Crippen molar-refractivity contribution in [3.8, 4) is 0 Å². The zero-order valence-corrected chi connectivity index (χ0v) is 15.1. The molecule has 0 aliphatic rings. The summed E-state index contributed by atoms with van der Waals surface area (Å²) in [4.78, 5) is 14.3. The molecular weight excluding hydrogens is 328 g/mol. The molecule has 3 nitrogen and oxygen atoms in total. The number of nitrogens with one attached hydrogen (secondary N) is 1. The molecule has 21 heavy (non-hydrogen) atoms. The first-order valence-corrected chi connectivity index (χ1v) is 8.47. The van der Waals surface area contributed by atoms with Crippen LogP contribution in [-0.2, 0) is 11.2 Å². The maximum atomic E-state index is 11.9. The summed E-state index contributed by atoms with van der Waals surface area (Å²) in [5, 5.41) is 3.02. The van der Waals surface area contributed by atoms with Crippen LogP contribution >= 0.6 is 15.9 Å². The maximum absolute atomic E-state index is 11.9. The first-order valence-electron chi connectivity index (χ1n) is 7.67. The minimum atomic E-state index is 0.123. The number of rotatable bonds is 8. The Hall–Kier alpha value is -0.870. The van der Waals surface area contributed by atoms with Gasteiger partial charge in [0.15, 0.2) is 0 Å². The van der Waals surface area contributed by atoms with Gasteiger partial charge in [-0.1, -0.05) is 34.1 Å². The Labute approximate surface area is 137 Å². The number of carbonyl (C=O) groups excluding carboxylic acids is 1. The quantitative estimate of drug-likeness (QED) is 0.773. The van der Waals surface area contributed by atoms with E-state index in [0.29, 0.717) is 25.0 Å². The van der Waals surface area contributed by atoms with Crippen LogP contribution in [0.3, 0.4) is 0 Å². The second-order valence-electron chi connectivity index (χ2n) is 5.87. The molecule has 0 bridgehead atoms. The molecule has 1 rings (SSSR count). The topological polar surface area (TPSA) is 32.3 Å². The molecule has 0 radical (unpaired) electrons. The van der Waals surface area contributed by atoms with Gasteiger partial charge in [0, 0.05) is 36.1 Å². The lowest BCUT2D eigenvalue weighted by Crippen LogP contribution is -2.42. The van der Waals surface area contributed by atoms with Crippen LogP contribution in [0.25, 0.3) is 0 Å². The van der Waals surface area contributed by atoms with Gasteiger partial charge < -0.3 is 5.32 Å².